The fourth-order valence-corrected chi connectivity index (χ4v) is 5.08. The number of nitrogens with zero attached hydrogens (tertiary/aromatic N) is 3. The van der Waals surface area contributed by atoms with Crippen LogP contribution in [0.3, 0.4) is 0 Å². The van der Waals surface area contributed by atoms with E-state index in [0.717, 1.165) is 31.7 Å². The van der Waals surface area contributed by atoms with Crippen LogP contribution in [0.25, 0.3) is 0 Å². The van der Waals surface area contributed by atoms with Gasteiger partial charge in [-0.05, 0) is 48.2 Å². The van der Waals surface area contributed by atoms with Crippen molar-refractivity contribution in [2.24, 2.45) is 5.41 Å². The molecule has 204 valence electrons. The molecule has 2 heterocycles. The second kappa shape index (κ2) is 12.2. The zero-order valence-corrected chi connectivity index (χ0v) is 23.3. The van der Waals surface area contributed by atoms with Crippen LogP contribution < -0.4 is 15.5 Å². The van der Waals surface area contributed by atoms with Crippen LogP contribution in [0.5, 0.6) is 0 Å². The first-order chi connectivity index (χ1) is 18.1. The number of rotatable bonds is 5. The molecule has 0 radical (unpaired) electrons. The predicted octanol–water partition coefficient (Wildman–Crippen LogP) is 4.11. The molecule has 2 N–H and O–H groups in total. The second-order valence-electron chi connectivity index (χ2n) is 11.2. The van der Waals surface area contributed by atoms with E-state index in [0.29, 0.717) is 61.0 Å². The molecular formula is C29H38ClN5O3. The first-order valence-corrected chi connectivity index (χ1v) is 13.7. The Labute approximate surface area is 230 Å². The molecule has 2 aromatic carbocycles. The molecule has 2 aliphatic rings. The number of nitrogens with one attached hydrogen (secondary N) is 2. The van der Waals surface area contributed by atoms with E-state index < -0.39 is 0 Å². The van der Waals surface area contributed by atoms with E-state index in [9.17, 15) is 14.4 Å². The lowest BCUT2D eigenvalue weighted by molar-refractivity contribution is -0.132. The Morgan fingerprint density at radius 2 is 1.66 bits per heavy atom. The number of anilines is 2. The number of benzene rings is 2. The molecule has 0 spiro atoms. The van der Waals surface area contributed by atoms with E-state index in [2.05, 4.69) is 36.3 Å². The number of piperazine rings is 1. The minimum absolute atomic E-state index is 0.0499. The van der Waals surface area contributed by atoms with Gasteiger partial charge in [0.15, 0.2) is 0 Å². The third-order valence-corrected chi connectivity index (χ3v) is 7.09. The number of halogens is 1. The van der Waals surface area contributed by atoms with E-state index in [1.54, 1.807) is 30.3 Å². The maximum atomic E-state index is 13.2. The monoisotopic (exact) mass is 539 g/mol. The standard InChI is InChI=1S/C29H38ClN5O3/c1-29(2,3)20-26(36)34-13-5-12-33(16-17-34)25-9-8-22(28(38)35-14-10-31-11-15-35)19-24(25)32-27(37)21-6-4-7-23(30)18-21/h4,6-9,18-19,31H,5,10-17,20H2,1-3H3,(H,32,37). The molecule has 2 aromatic rings. The van der Waals surface area contributed by atoms with Crippen molar-refractivity contribution in [3.8, 4) is 0 Å². The summed E-state index contributed by atoms with van der Waals surface area (Å²) in [6.07, 6.45) is 1.33. The summed E-state index contributed by atoms with van der Waals surface area (Å²) in [5, 5.41) is 6.78. The topological polar surface area (TPSA) is 85.0 Å². The SMILES string of the molecule is CC(C)(C)CC(=O)N1CCCN(c2ccc(C(=O)N3CCNCC3)cc2NC(=O)c2cccc(Cl)c2)CC1. The third-order valence-electron chi connectivity index (χ3n) is 6.85. The highest BCUT2D eigenvalue weighted by molar-refractivity contribution is 6.31. The molecule has 0 unspecified atom stereocenters. The van der Waals surface area contributed by atoms with Crippen molar-refractivity contribution in [3.05, 3.63) is 58.6 Å². The van der Waals surface area contributed by atoms with Gasteiger partial charge in [-0.25, -0.2) is 0 Å². The summed E-state index contributed by atoms with van der Waals surface area (Å²) >= 11 is 6.12. The van der Waals surface area contributed by atoms with Crippen molar-refractivity contribution < 1.29 is 14.4 Å². The van der Waals surface area contributed by atoms with Crippen molar-refractivity contribution in [1.29, 1.82) is 0 Å². The molecule has 4 rings (SSSR count). The van der Waals surface area contributed by atoms with Gasteiger partial charge in [-0.3, -0.25) is 14.4 Å². The Balaban J connectivity index is 1.58. The van der Waals surface area contributed by atoms with Crippen LogP contribution in [-0.4, -0.2) is 79.9 Å². The molecule has 0 atom stereocenters. The van der Waals surface area contributed by atoms with Crippen LogP contribution in [0.4, 0.5) is 11.4 Å². The average molecular weight is 540 g/mol. The van der Waals surface area contributed by atoms with Gasteiger partial charge in [0.2, 0.25) is 5.91 Å². The number of hydrogen-bond acceptors (Lipinski definition) is 5. The van der Waals surface area contributed by atoms with Gasteiger partial charge in [0, 0.05) is 74.9 Å². The quantitative estimate of drug-likeness (QED) is 0.597. The molecule has 2 fully saturated rings. The maximum absolute atomic E-state index is 13.2. The fourth-order valence-electron chi connectivity index (χ4n) is 4.89. The summed E-state index contributed by atoms with van der Waals surface area (Å²) in [6, 6.07) is 12.3. The van der Waals surface area contributed by atoms with Crippen molar-refractivity contribution in [1.82, 2.24) is 15.1 Å². The molecule has 38 heavy (non-hydrogen) atoms. The Morgan fingerprint density at radius 1 is 0.895 bits per heavy atom. The molecule has 0 saturated carbocycles. The van der Waals surface area contributed by atoms with Gasteiger partial charge in [-0.2, -0.15) is 0 Å². The van der Waals surface area contributed by atoms with Crippen LogP contribution in [0.15, 0.2) is 42.5 Å². The summed E-state index contributed by atoms with van der Waals surface area (Å²) in [6.45, 7) is 11.7. The van der Waals surface area contributed by atoms with Gasteiger partial charge in [0.1, 0.15) is 0 Å². The Morgan fingerprint density at radius 3 is 2.37 bits per heavy atom. The largest absolute Gasteiger partial charge is 0.368 e. The molecule has 0 bridgehead atoms. The molecule has 8 nitrogen and oxygen atoms in total. The minimum atomic E-state index is -0.294. The lowest BCUT2D eigenvalue weighted by Gasteiger charge is -2.29. The van der Waals surface area contributed by atoms with Crippen molar-refractivity contribution in [2.75, 3.05) is 62.6 Å². The molecule has 9 heteroatoms. The first kappa shape index (κ1) is 27.9. The summed E-state index contributed by atoms with van der Waals surface area (Å²) < 4.78 is 0. The zero-order chi connectivity index (χ0) is 27.3. The number of carbonyl (C=O) groups is 3. The van der Waals surface area contributed by atoms with Gasteiger partial charge >= 0.3 is 0 Å². The van der Waals surface area contributed by atoms with Crippen molar-refractivity contribution in [3.63, 3.8) is 0 Å². The van der Waals surface area contributed by atoms with E-state index in [4.69, 9.17) is 11.6 Å². The third kappa shape index (κ3) is 7.26. The number of hydrogen-bond donors (Lipinski definition) is 2. The highest BCUT2D eigenvalue weighted by Crippen LogP contribution is 2.30. The van der Waals surface area contributed by atoms with E-state index >= 15 is 0 Å². The van der Waals surface area contributed by atoms with Gasteiger partial charge in [0.25, 0.3) is 11.8 Å². The lowest BCUT2D eigenvalue weighted by Crippen LogP contribution is -2.46. The molecule has 3 amide bonds. The highest BCUT2D eigenvalue weighted by atomic mass is 35.5. The van der Waals surface area contributed by atoms with Crippen LogP contribution >= 0.6 is 11.6 Å². The Kier molecular flexibility index (Phi) is 8.95. The molecule has 2 saturated heterocycles. The molecular weight excluding hydrogens is 502 g/mol. The van der Waals surface area contributed by atoms with Crippen LogP contribution in [-0.2, 0) is 4.79 Å². The van der Waals surface area contributed by atoms with Gasteiger partial charge in [-0.15, -0.1) is 0 Å². The number of amides is 3. The molecule has 0 aliphatic carbocycles. The second-order valence-corrected chi connectivity index (χ2v) is 11.6. The lowest BCUT2D eigenvalue weighted by atomic mass is 9.91. The van der Waals surface area contributed by atoms with E-state index in [-0.39, 0.29) is 23.1 Å². The Bertz CT molecular complexity index is 1170. The minimum Gasteiger partial charge on any atom is -0.368 e. The summed E-state index contributed by atoms with van der Waals surface area (Å²) in [5.41, 5.74) is 2.33. The van der Waals surface area contributed by atoms with Crippen LogP contribution in [0.1, 0.15) is 54.3 Å². The molecule has 0 aromatic heterocycles. The highest BCUT2D eigenvalue weighted by Gasteiger charge is 2.26. The Hall–Kier alpha value is -3.10. The van der Waals surface area contributed by atoms with E-state index in [1.165, 1.54) is 0 Å². The van der Waals surface area contributed by atoms with Crippen molar-refractivity contribution >= 4 is 40.7 Å². The average Bonchev–Trinajstić information content (AvgIpc) is 3.14. The zero-order valence-electron chi connectivity index (χ0n) is 22.6. The van der Waals surface area contributed by atoms with Gasteiger partial charge < -0.3 is 25.3 Å². The number of carbonyl (C=O) groups excluding carboxylic acids is 3. The normalized spacial score (nSPS) is 16.7. The fraction of sp³-hybridized carbons (Fsp3) is 0.483. The maximum Gasteiger partial charge on any atom is 0.255 e. The van der Waals surface area contributed by atoms with E-state index in [1.807, 2.05) is 21.9 Å². The predicted molar refractivity (Wildman–Crippen MR) is 152 cm³/mol. The summed E-state index contributed by atoms with van der Waals surface area (Å²) in [7, 11) is 0. The first-order valence-electron chi connectivity index (χ1n) is 13.3. The van der Waals surface area contributed by atoms with Gasteiger partial charge in [0.05, 0.1) is 11.4 Å². The van der Waals surface area contributed by atoms with Gasteiger partial charge in [-0.1, -0.05) is 38.4 Å². The smallest absolute Gasteiger partial charge is 0.255 e. The molecule has 2 aliphatic heterocycles. The van der Waals surface area contributed by atoms with Crippen LogP contribution in [0, 0.1) is 5.41 Å². The van der Waals surface area contributed by atoms with Crippen LogP contribution in [0.2, 0.25) is 5.02 Å². The van der Waals surface area contributed by atoms with Crippen molar-refractivity contribution in [2.45, 2.75) is 33.6 Å². The summed E-state index contributed by atoms with van der Waals surface area (Å²) in [4.78, 5) is 45.3. The summed E-state index contributed by atoms with van der Waals surface area (Å²) in [5.74, 6) is -0.172.